The molecule has 0 radical (unpaired) electrons. The van der Waals surface area contributed by atoms with Crippen LogP contribution in [0.15, 0.2) is 42.7 Å². The predicted molar refractivity (Wildman–Crippen MR) is 125 cm³/mol. The lowest BCUT2D eigenvalue weighted by Gasteiger charge is -2.27. The Bertz CT molecular complexity index is 1110. The van der Waals surface area contributed by atoms with Crippen molar-refractivity contribution >= 4 is 11.7 Å². The molecule has 1 aliphatic heterocycles. The van der Waals surface area contributed by atoms with Crippen LogP contribution < -0.4 is 9.47 Å². The number of fused-ring (bicyclic) bond motifs is 4. The molecule has 0 spiro atoms. The number of benzene rings is 1. The number of nitrogens with zero attached hydrogens (tertiary/aromatic N) is 5. The lowest BCUT2D eigenvalue weighted by Crippen LogP contribution is -2.41. The summed E-state index contributed by atoms with van der Waals surface area (Å²) in [6, 6.07) is 9.75. The van der Waals surface area contributed by atoms with Crippen LogP contribution in [0.1, 0.15) is 20.8 Å². The van der Waals surface area contributed by atoms with Crippen LogP contribution in [0.3, 0.4) is 0 Å². The number of hydrogen-bond donors (Lipinski definition) is 0. The molecule has 0 aliphatic carbocycles. The van der Waals surface area contributed by atoms with E-state index in [-0.39, 0.29) is 6.09 Å². The highest BCUT2D eigenvalue weighted by molar-refractivity contribution is 5.77. The first kappa shape index (κ1) is 22.8. The summed E-state index contributed by atoms with van der Waals surface area (Å²) >= 11 is 0. The topological polar surface area (TPSA) is 81.4 Å². The van der Waals surface area contributed by atoms with E-state index in [1.807, 2.05) is 57.3 Å². The Kier molecular flexibility index (Phi) is 6.69. The minimum absolute atomic E-state index is 0.331. The highest BCUT2D eigenvalue weighted by Crippen LogP contribution is 2.27. The smallest absolute Gasteiger partial charge is 0.410 e. The largest absolute Gasteiger partial charge is 0.492 e. The van der Waals surface area contributed by atoms with E-state index in [0.717, 1.165) is 22.5 Å². The van der Waals surface area contributed by atoms with Gasteiger partial charge in [0.2, 0.25) is 5.88 Å². The minimum atomic E-state index is -0.518. The highest BCUT2D eigenvalue weighted by Gasteiger charge is 2.20. The molecule has 4 rings (SSSR count). The average Bonchev–Trinajstić information content (AvgIpc) is 3.18. The molecule has 0 atom stereocenters. The first-order valence-electron chi connectivity index (χ1n) is 11.2. The van der Waals surface area contributed by atoms with Gasteiger partial charge in [-0.2, -0.15) is 10.1 Å². The van der Waals surface area contributed by atoms with E-state index >= 15 is 0 Å². The molecule has 0 N–H and O–H groups in total. The molecule has 176 valence electrons. The van der Waals surface area contributed by atoms with Crippen molar-refractivity contribution in [3.05, 3.63) is 42.7 Å². The molecule has 9 nitrogen and oxygen atoms in total. The summed E-state index contributed by atoms with van der Waals surface area (Å²) in [5.41, 5.74) is 2.13. The van der Waals surface area contributed by atoms with Crippen molar-refractivity contribution in [2.24, 2.45) is 0 Å². The second-order valence-corrected chi connectivity index (χ2v) is 9.06. The molecule has 3 aromatic rings. The number of hydrogen-bond acceptors (Lipinski definition) is 7. The van der Waals surface area contributed by atoms with Gasteiger partial charge in [0, 0.05) is 51.1 Å². The van der Waals surface area contributed by atoms with Gasteiger partial charge in [0.25, 0.3) is 0 Å². The molecular weight excluding hydrogens is 422 g/mol. The number of likely N-dealkylation sites (N-methyl/N-ethyl adjacent to an activating group) is 1. The summed E-state index contributed by atoms with van der Waals surface area (Å²) in [5, 5.41) is 4.40. The normalized spacial score (nSPS) is 14.9. The summed E-state index contributed by atoms with van der Waals surface area (Å²) in [7, 11) is 1.75. The van der Waals surface area contributed by atoms with Crippen molar-refractivity contribution in [1.82, 2.24) is 24.4 Å². The molecule has 1 amide bonds. The van der Waals surface area contributed by atoms with Gasteiger partial charge in [-0.3, -0.25) is 4.90 Å². The quantitative estimate of drug-likeness (QED) is 0.602. The molecule has 0 fully saturated rings. The number of carbonyl (C=O) groups is 1. The van der Waals surface area contributed by atoms with Crippen LogP contribution in [-0.2, 0) is 4.74 Å². The van der Waals surface area contributed by atoms with E-state index in [2.05, 4.69) is 15.0 Å². The van der Waals surface area contributed by atoms with Crippen molar-refractivity contribution < 1.29 is 19.0 Å². The zero-order valence-corrected chi connectivity index (χ0v) is 19.7. The Hall–Kier alpha value is -3.33. The van der Waals surface area contributed by atoms with Crippen LogP contribution in [0.25, 0.3) is 16.8 Å². The first-order valence-corrected chi connectivity index (χ1v) is 11.2. The van der Waals surface area contributed by atoms with Crippen LogP contribution in [-0.4, -0.2) is 82.5 Å². The summed E-state index contributed by atoms with van der Waals surface area (Å²) < 4.78 is 19.2. The Labute approximate surface area is 193 Å². The molecule has 4 bridgehead atoms. The van der Waals surface area contributed by atoms with Crippen LogP contribution >= 0.6 is 0 Å². The van der Waals surface area contributed by atoms with Crippen LogP contribution in [0, 0.1) is 0 Å². The SMILES string of the molecule is CN(CCN1CCOc2cccc(c2)-c2cnn3ccc(nc23)OCC1)C(=O)OC(C)(C)C. The maximum atomic E-state index is 12.3. The minimum Gasteiger partial charge on any atom is -0.492 e. The number of aromatic nitrogens is 3. The third kappa shape index (κ3) is 5.92. The third-order valence-electron chi connectivity index (χ3n) is 5.28. The fourth-order valence-electron chi connectivity index (χ4n) is 3.52. The van der Waals surface area contributed by atoms with Gasteiger partial charge >= 0.3 is 6.09 Å². The maximum absolute atomic E-state index is 12.3. The first-order chi connectivity index (χ1) is 15.8. The Morgan fingerprint density at radius 3 is 2.76 bits per heavy atom. The average molecular weight is 454 g/mol. The van der Waals surface area contributed by atoms with Crippen molar-refractivity contribution in [3.63, 3.8) is 0 Å². The Balaban J connectivity index is 1.48. The summed E-state index contributed by atoms with van der Waals surface area (Å²) in [5.74, 6) is 1.35. The van der Waals surface area contributed by atoms with Gasteiger partial charge in [-0.1, -0.05) is 12.1 Å². The van der Waals surface area contributed by atoms with Crippen molar-refractivity contribution in [2.75, 3.05) is 46.4 Å². The lowest BCUT2D eigenvalue weighted by atomic mass is 10.1. The van der Waals surface area contributed by atoms with Gasteiger partial charge in [-0.15, -0.1) is 0 Å². The zero-order valence-electron chi connectivity index (χ0n) is 19.7. The fourth-order valence-corrected chi connectivity index (χ4v) is 3.52. The third-order valence-corrected chi connectivity index (χ3v) is 5.28. The standard InChI is InChI=1S/C24H31N5O4/c1-24(2,3)33-23(30)27(4)10-11-28-12-14-31-19-7-5-6-18(16-19)20-17-25-29-9-8-21(26-22(20)29)32-15-13-28/h5-9,16-17H,10-15H2,1-4H3. The number of carbonyl (C=O) groups excluding carboxylic acids is 1. The van der Waals surface area contributed by atoms with Crippen LogP contribution in [0.4, 0.5) is 4.79 Å². The molecule has 2 aromatic heterocycles. The van der Waals surface area contributed by atoms with E-state index in [1.165, 1.54) is 0 Å². The number of amides is 1. The van der Waals surface area contributed by atoms with E-state index in [4.69, 9.17) is 14.2 Å². The Morgan fingerprint density at radius 1 is 1.18 bits per heavy atom. The van der Waals surface area contributed by atoms with E-state index in [0.29, 0.717) is 45.3 Å². The second kappa shape index (κ2) is 9.66. The molecule has 3 heterocycles. The molecule has 0 saturated carbocycles. The highest BCUT2D eigenvalue weighted by atomic mass is 16.6. The molecule has 0 unspecified atom stereocenters. The van der Waals surface area contributed by atoms with Crippen molar-refractivity contribution in [3.8, 4) is 22.8 Å². The fraction of sp³-hybridized carbons (Fsp3) is 0.458. The molecule has 9 heteroatoms. The molecule has 1 aromatic carbocycles. The molecular formula is C24H31N5O4. The van der Waals surface area contributed by atoms with E-state index in [9.17, 15) is 4.79 Å². The summed E-state index contributed by atoms with van der Waals surface area (Å²) in [6.07, 6.45) is 3.32. The monoisotopic (exact) mass is 453 g/mol. The second-order valence-electron chi connectivity index (χ2n) is 9.06. The lowest BCUT2D eigenvalue weighted by molar-refractivity contribution is 0.0279. The van der Waals surface area contributed by atoms with Gasteiger partial charge in [0.1, 0.15) is 24.6 Å². The molecule has 33 heavy (non-hydrogen) atoms. The van der Waals surface area contributed by atoms with Crippen molar-refractivity contribution in [2.45, 2.75) is 26.4 Å². The molecule has 1 aliphatic rings. The van der Waals surface area contributed by atoms with Crippen molar-refractivity contribution in [1.29, 1.82) is 0 Å². The summed E-state index contributed by atoms with van der Waals surface area (Å²) in [4.78, 5) is 20.7. The van der Waals surface area contributed by atoms with Crippen LogP contribution in [0.2, 0.25) is 0 Å². The zero-order chi connectivity index (χ0) is 23.4. The van der Waals surface area contributed by atoms with Gasteiger partial charge < -0.3 is 19.1 Å². The summed E-state index contributed by atoms with van der Waals surface area (Å²) in [6.45, 7) is 9.15. The Morgan fingerprint density at radius 2 is 1.97 bits per heavy atom. The van der Waals surface area contributed by atoms with E-state index < -0.39 is 5.60 Å². The molecule has 0 saturated heterocycles. The maximum Gasteiger partial charge on any atom is 0.410 e. The van der Waals surface area contributed by atoms with Gasteiger partial charge in [-0.25, -0.2) is 9.31 Å². The van der Waals surface area contributed by atoms with Crippen LogP contribution in [0.5, 0.6) is 11.6 Å². The van der Waals surface area contributed by atoms with Gasteiger partial charge in [0.15, 0.2) is 5.65 Å². The van der Waals surface area contributed by atoms with Gasteiger partial charge in [0.05, 0.1) is 6.20 Å². The van der Waals surface area contributed by atoms with Gasteiger partial charge in [-0.05, 0) is 38.5 Å². The number of ether oxygens (including phenoxy) is 3. The predicted octanol–water partition coefficient (Wildman–Crippen LogP) is 3.34. The van der Waals surface area contributed by atoms with E-state index in [1.54, 1.807) is 22.7 Å². The number of rotatable bonds is 3.